The summed E-state index contributed by atoms with van der Waals surface area (Å²) < 4.78 is 0. The quantitative estimate of drug-likeness (QED) is 0.576. The lowest BCUT2D eigenvalue weighted by Crippen LogP contribution is -2.32. The van der Waals surface area contributed by atoms with Gasteiger partial charge in [0, 0.05) is 29.4 Å². The molecule has 0 saturated heterocycles. The smallest absolute Gasteiger partial charge is 0.253 e. The molecule has 0 saturated carbocycles. The van der Waals surface area contributed by atoms with E-state index in [1.165, 1.54) is 0 Å². The van der Waals surface area contributed by atoms with Crippen LogP contribution in [0.3, 0.4) is 0 Å². The minimum atomic E-state index is -0.250. The topological polar surface area (TPSA) is 61.4 Å². The van der Waals surface area contributed by atoms with Gasteiger partial charge in [0.1, 0.15) is 0 Å². The van der Waals surface area contributed by atoms with Crippen LogP contribution in [-0.4, -0.2) is 36.3 Å². The average Bonchev–Trinajstić information content (AvgIpc) is 2.68. The predicted octanol–water partition coefficient (Wildman–Crippen LogP) is 5.31. The molecule has 2 aromatic carbocycles. The number of hydrogen-bond acceptors (Lipinski definition) is 3. The Labute approximate surface area is 176 Å². The molecule has 7 heteroatoms. The third kappa shape index (κ3) is 6.43. The number of halogens is 2. The van der Waals surface area contributed by atoms with Crippen molar-refractivity contribution in [3.05, 3.63) is 58.1 Å². The molecule has 0 bridgehead atoms. The van der Waals surface area contributed by atoms with Gasteiger partial charge in [-0.15, -0.1) is 0 Å². The number of nitrogens with zero attached hydrogens (tertiary/aromatic N) is 1. The van der Waals surface area contributed by atoms with E-state index in [2.05, 4.69) is 10.6 Å². The molecule has 2 N–H and O–H groups in total. The van der Waals surface area contributed by atoms with Gasteiger partial charge in [-0.1, -0.05) is 43.1 Å². The molecule has 0 heterocycles. The number of rotatable bonds is 9. The lowest BCUT2D eigenvalue weighted by atomic mass is 10.1. The van der Waals surface area contributed by atoms with Gasteiger partial charge < -0.3 is 15.5 Å². The normalized spacial score (nSPS) is 10.4. The first-order chi connectivity index (χ1) is 13.4. The minimum absolute atomic E-state index is 0.0238. The summed E-state index contributed by atoms with van der Waals surface area (Å²) in [5, 5.41) is 6.77. The van der Waals surface area contributed by atoms with Gasteiger partial charge in [0.15, 0.2) is 0 Å². The molecule has 0 spiro atoms. The zero-order valence-electron chi connectivity index (χ0n) is 16.1. The molecule has 0 aliphatic heterocycles. The molecular weight excluding hydrogens is 397 g/mol. The van der Waals surface area contributed by atoms with Crippen molar-refractivity contribution in [3.8, 4) is 0 Å². The van der Waals surface area contributed by atoms with E-state index in [0.29, 0.717) is 40.1 Å². The highest BCUT2D eigenvalue weighted by Crippen LogP contribution is 2.25. The Bertz CT molecular complexity index is 821. The van der Waals surface area contributed by atoms with Crippen LogP contribution in [0.25, 0.3) is 0 Å². The Kier molecular flexibility index (Phi) is 8.61. The van der Waals surface area contributed by atoms with Crippen LogP contribution in [0.1, 0.15) is 37.0 Å². The van der Waals surface area contributed by atoms with Crippen molar-refractivity contribution in [3.63, 3.8) is 0 Å². The Morgan fingerprint density at radius 2 is 1.71 bits per heavy atom. The van der Waals surface area contributed by atoms with Crippen molar-refractivity contribution in [2.24, 2.45) is 0 Å². The van der Waals surface area contributed by atoms with Crippen LogP contribution < -0.4 is 10.6 Å². The fraction of sp³-hybridized carbons (Fsp3) is 0.333. The number of carbonyl (C=O) groups is 2. The zero-order valence-corrected chi connectivity index (χ0v) is 17.6. The van der Waals surface area contributed by atoms with E-state index in [4.69, 9.17) is 23.2 Å². The summed E-state index contributed by atoms with van der Waals surface area (Å²) in [6.45, 7) is 5.55. The summed E-state index contributed by atoms with van der Waals surface area (Å²) in [6.07, 6.45) is 1.81. The van der Waals surface area contributed by atoms with Crippen molar-refractivity contribution < 1.29 is 9.59 Å². The number of anilines is 2. The van der Waals surface area contributed by atoms with Gasteiger partial charge in [-0.25, -0.2) is 0 Å². The first-order valence-corrected chi connectivity index (χ1v) is 10.1. The number of hydrogen-bond donors (Lipinski definition) is 2. The summed E-state index contributed by atoms with van der Waals surface area (Å²) in [7, 11) is 0. The van der Waals surface area contributed by atoms with E-state index in [-0.39, 0.29) is 18.4 Å². The highest BCUT2D eigenvalue weighted by Gasteiger charge is 2.15. The van der Waals surface area contributed by atoms with Crippen molar-refractivity contribution in [1.29, 1.82) is 0 Å². The number of carbonyl (C=O) groups excluding carboxylic acids is 2. The zero-order chi connectivity index (χ0) is 20.5. The van der Waals surface area contributed by atoms with E-state index in [1.807, 2.05) is 18.7 Å². The second kappa shape index (κ2) is 10.9. The molecule has 2 aromatic rings. The monoisotopic (exact) mass is 421 g/mol. The first-order valence-electron chi connectivity index (χ1n) is 9.32. The predicted molar refractivity (Wildman–Crippen MR) is 117 cm³/mol. The van der Waals surface area contributed by atoms with E-state index in [1.54, 1.807) is 42.5 Å². The fourth-order valence-electron chi connectivity index (χ4n) is 2.78. The van der Waals surface area contributed by atoms with Crippen LogP contribution in [-0.2, 0) is 4.79 Å². The van der Waals surface area contributed by atoms with Crippen molar-refractivity contribution in [1.82, 2.24) is 4.90 Å². The second-order valence-corrected chi connectivity index (χ2v) is 7.24. The maximum Gasteiger partial charge on any atom is 0.253 e. The largest absolute Gasteiger partial charge is 0.375 e. The maximum atomic E-state index is 12.7. The van der Waals surface area contributed by atoms with Crippen molar-refractivity contribution in [2.75, 3.05) is 30.3 Å². The minimum Gasteiger partial charge on any atom is -0.375 e. The van der Waals surface area contributed by atoms with Crippen LogP contribution in [0, 0.1) is 0 Å². The summed E-state index contributed by atoms with van der Waals surface area (Å²) >= 11 is 12.0. The third-order valence-corrected chi connectivity index (χ3v) is 4.60. The van der Waals surface area contributed by atoms with Gasteiger partial charge in [0.25, 0.3) is 5.91 Å². The van der Waals surface area contributed by atoms with Gasteiger partial charge in [-0.3, -0.25) is 9.59 Å². The highest BCUT2D eigenvalue weighted by atomic mass is 35.5. The molecule has 2 rings (SSSR count). The lowest BCUT2D eigenvalue weighted by Gasteiger charge is -2.21. The van der Waals surface area contributed by atoms with Crippen LogP contribution in [0.4, 0.5) is 11.4 Å². The lowest BCUT2D eigenvalue weighted by molar-refractivity contribution is -0.114. The van der Waals surface area contributed by atoms with Gasteiger partial charge in [-0.05, 0) is 49.2 Å². The number of amides is 2. The van der Waals surface area contributed by atoms with Gasteiger partial charge in [0.05, 0.1) is 17.3 Å². The molecule has 0 atom stereocenters. The molecule has 0 aromatic heterocycles. The Balaban J connectivity index is 2.00. The standard InChI is InChI=1S/C21H25Cl2N3O2/c1-3-10-26(11-4-2)21(28)15-6-5-7-17(12-15)25-20(27)14-24-19-13-16(22)8-9-18(19)23/h5-9,12-13,24H,3-4,10-11,14H2,1-2H3,(H,25,27). The SMILES string of the molecule is CCCN(CCC)C(=O)c1cccc(NC(=O)CNc2cc(Cl)ccc2Cl)c1. The molecular formula is C21H25Cl2N3O2. The van der Waals surface area contributed by atoms with E-state index >= 15 is 0 Å². The summed E-state index contributed by atoms with van der Waals surface area (Å²) in [4.78, 5) is 26.8. The average molecular weight is 422 g/mol. The van der Waals surface area contributed by atoms with Crippen molar-refractivity contribution in [2.45, 2.75) is 26.7 Å². The molecule has 2 amide bonds. The molecule has 150 valence electrons. The summed E-state index contributed by atoms with van der Waals surface area (Å²) in [6, 6.07) is 12.0. The van der Waals surface area contributed by atoms with Gasteiger partial charge in [-0.2, -0.15) is 0 Å². The van der Waals surface area contributed by atoms with E-state index < -0.39 is 0 Å². The van der Waals surface area contributed by atoms with Gasteiger partial charge >= 0.3 is 0 Å². The Morgan fingerprint density at radius 1 is 1.00 bits per heavy atom. The van der Waals surface area contributed by atoms with E-state index in [0.717, 1.165) is 12.8 Å². The van der Waals surface area contributed by atoms with E-state index in [9.17, 15) is 9.59 Å². The molecule has 0 unspecified atom stereocenters. The fourth-order valence-corrected chi connectivity index (χ4v) is 3.14. The maximum absolute atomic E-state index is 12.7. The number of nitrogens with one attached hydrogen (secondary N) is 2. The van der Waals surface area contributed by atoms with Crippen LogP contribution in [0.2, 0.25) is 10.0 Å². The van der Waals surface area contributed by atoms with Gasteiger partial charge in [0.2, 0.25) is 5.91 Å². The highest BCUT2D eigenvalue weighted by molar-refractivity contribution is 6.35. The Hall–Kier alpha value is -2.24. The Morgan fingerprint density at radius 3 is 2.39 bits per heavy atom. The third-order valence-electron chi connectivity index (χ3n) is 4.04. The number of benzene rings is 2. The van der Waals surface area contributed by atoms with Crippen molar-refractivity contribution >= 4 is 46.4 Å². The molecule has 28 heavy (non-hydrogen) atoms. The molecule has 0 fully saturated rings. The van der Waals surface area contributed by atoms with Crippen LogP contribution in [0.15, 0.2) is 42.5 Å². The summed E-state index contributed by atoms with van der Waals surface area (Å²) in [5.41, 5.74) is 1.72. The molecule has 0 radical (unpaired) electrons. The summed E-state index contributed by atoms with van der Waals surface area (Å²) in [5.74, 6) is -0.275. The van der Waals surface area contributed by atoms with Crippen LogP contribution >= 0.6 is 23.2 Å². The molecule has 0 aliphatic rings. The molecule has 0 aliphatic carbocycles. The first kappa shape index (κ1) is 22.1. The van der Waals surface area contributed by atoms with Crippen LogP contribution in [0.5, 0.6) is 0 Å². The molecule has 5 nitrogen and oxygen atoms in total. The second-order valence-electron chi connectivity index (χ2n) is 6.40.